The predicted octanol–water partition coefficient (Wildman–Crippen LogP) is 13.0. The minimum atomic E-state index is 0.766. The van der Waals surface area contributed by atoms with Gasteiger partial charge in [-0.2, -0.15) is 0 Å². The van der Waals surface area contributed by atoms with Gasteiger partial charge >= 0.3 is 0 Å². The van der Waals surface area contributed by atoms with Crippen molar-refractivity contribution in [2.75, 3.05) is 24.6 Å². The van der Waals surface area contributed by atoms with E-state index in [4.69, 9.17) is 9.72 Å². The van der Waals surface area contributed by atoms with E-state index in [0.717, 1.165) is 48.5 Å². The summed E-state index contributed by atoms with van der Waals surface area (Å²) in [5, 5.41) is 2.35. The molecule has 3 heteroatoms. The first kappa shape index (κ1) is 35.5. The van der Waals surface area contributed by atoms with Crippen molar-refractivity contribution in [2.24, 2.45) is 0 Å². The van der Waals surface area contributed by atoms with E-state index in [1.165, 1.54) is 118 Å². The maximum absolute atomic E-state index is 6.51. The van der Waals surface area contributed by atoms with Gasteiger partial charge in [0.2, 0.25) is 0 Å². The first-order valence-electron chi connectivity index (χ1n) is 18.7. The molecule has 0 amide bonds. The van der Waals surface area contributed by atoms with Crippen molar-refractivity contribution >= 4 is 39.6 Å². The second-order valence-electron chi connectivity index (χ2n) is 12.9. The summed E-state index contributed by atoms with van der Waals surface area (Å²) in [6.07, 6.45) is 26.6. The number of aromatic nitrogens is 1. The normalized spacial score (nSPS) is 11.6. The molecule has 3 aromatic carbocycles. The van der Waals surface area contributed by atoms with Gasteiger partial charge in [-0.25, -0.2) is 4.98 Å². The van der Waals surface area contributed by atoms with E-state index in [-0.39, 0.29) is 0 Å². The molecule has 0 N–H and O–H groups in total. The third kappa shape index (κ3) is 11.2. The largest absolute Gasteiger partial charge is 0.493 e. The lowest BCUT2D eigenvalue weighted by Crippen LogP contribution is -2.21. The number of hydrogen-bond acceptors (Lipinski definition) is 3. The first-order chi connectivity index (χ1) is 22.7. The quantitative estimate of drug-likeness (QED) is 0.0609. The van der Waals surface area contributed by atoms with Gasteiger partial charge in [0.15, 0.2) is 0 Å². The maximum atomic E-state index is 6.51. The maximum Gasteiger partial charge on any atom is 0.128 e. The summed E-state index contributed by atoms with van der Waals surface area (Å²) in [7, 11) is 0. The smallest absolute Gasteiger partial charge is 0.128 e. The van der Waals surface area contributed by atoms with Crippen LogP contribution in [-0.2, 0) is 0 Å². The van der Waals surface area contributed by atoms with Crippen LogP contribution in [0.4, 0.5) is 5.69 Å². The Balaban J connectivity index is 1.26. The number of nitrogens with zero attached hydrogens (tertiary/aromatic N) is 2. The Morgan fingerprint density at radius 3 is 1.59 bits per heavy atom. The number of fused-ring (bicyclic) bond motifs is 2. The number of para-hydroxylation sites is 2. The molecular formula is C43H60N2O. The van der Waals surface area contributed by atoms with Gasteiger partial charge in [-0.05, 0) is 50.1 Å². The Bertz CT molecular complexity index is 1400. The van der Waals surface area contributed by atoms with Gasteiger partial charge in [0.1, 0.15) is 5.75 Å². The van der Waals surface area contributed by atoms with E-state index < -0.39 is 0 Å². The van der Waals surface area contributed by atoms with Crippen LogP contribution in [0, 0.1) is 0 Å². The van der Waals surface area contributed by atoms with Crippen LogP contribution in [0.5, 0.6) is 5.75 Å². The van der Waals surface area contributed by atoms with Gasteiger partial charge in [0.05, 0.1) is 17.6 Å². The van der Waals surface area contributed by atoms with E-state index in [1.807, 2.05) is 0 Å². The van der Waals surface area contributed by atoms with Crippen LogP contribution in [-0.4, -0.2) is 24.7 Å². The van der Waals surface area contributed by atoms with Crippen molar-refractivity contribution < 1.29 is 4.74 Å². The molecule has 1 heterocycles. The van der Waals surface area contributed by atoms with Crippen LogP contribution in [0.15, 0.2) is 66.7 Å². The summed E-state index contributed by atoms with van der Waals surface area (Å²) in [6.45, 7) is 9.47. The SMILES string of the molecule is CCCCCCCCCCCCCCCCCCOc1cc(N(CC)CC)ccc1/C=C/c1c2ccccc2nc2ccccc12. The lowest BCUT2D eigenvalue weighted by molar-refractivity contribution is 0.303. The van der Waals surface area contributed by atoms with E-state index >= 15 is 0 Å². The fraction of sp³-hybridized carbons (Fsp3) is 0.512. The van der Waals surface area contributed by atoms with Gasteiger partial charge < -0.3 is 9.64 Å². The predicted molar refractivity (Wildman–Crippen MR) is 203 cm³/mol. The lowest BCUT2D eigenvalue weighted by Gasteiger charge is -2.22. The molecular weight excluding hydrogens is 560 g/mol. The van der Waals surface area contributed by atoms with Crippen molar-refractivity contribution in [1.82, 2.24) is 4.98 Å². The lowest BCUT2D eigenvalue weighted by atomic mass is 10.0. The van der Waals surface area contributed by atoms with Crippen molar-refractivity contribution in [1.29, 1.82) is 0 Å². The Morgan fingerprint density at radius 2 is 1.07 bits per heavy atom. The first-order valence-corrected chi connectivity index (χ1v) is 18.7. The Kier molecular flexibility index (Phi) is 16.0. The van der Waals surface area contributed by atoms with Crippen LogP contribution < -0.4 is 9.64 Å². The highest BCUT2D eigenvalue weighted by Gasteiger charge is 2.10. The van der Waals surface area contributed by atoms with Crippen molar-refractivity contribution in [3.63, 3.8) is 0 Å². The summed E-state index contributed by atoms with van der Waals surface area (Å²) in [4.78, 5) is 7.29. The second-order valence-corrected chi connectivity index (χ2v) is 12.9. The highest BCUT2D eigenvalue weighted by Crippen LogP contribution is 2.31. The average Bonchev–Trinajstić information content (AvgIpc) is 3.09. The van der Waals surface area contributed by atoms with Gasteiger partial charge in [-0.1, -0.05) is 152 Å². The Morgan fingerprint density at radius 1 is 0.565 bits per heavy atom. The van der Waals surface area contributed by atoms with Crippen molar-refractivity contribution in [3.8, 4) is 5.75 Å². The summed E-state index contributed by atoms with van der Waals surface area (Å²) in [5.74, 6) is 0.976. The highest BCUT2D eigenvalue weighted by molar-refractivity contribution is 6.04. The summed E-state index contributed by atoms with van der Waals surface area (Å²) in [6, 6.07) is 23.6. The Hall–Kier alpha value is -3.33. The molecule has 0 atom stereocenters. The standard InChI is InChI=1S/C43H60N2O/c1-4-7-8-9-10-11-12-13-14-15-16-17-18-19-20-25-34-46-43-35-37(45(5-2)6-3)32-30-36(43)31-33-38-39-26-21-23-28-41(39)44-42-29-24-22-27-40(38)42/h21-24,26-33,35H,4-20,25,34H2,1-3H3/b33-31+. The number of rotatable bonds is 23. The fourth-order valence-corrected chi connectivity index (χ4v) is 6.63. The van der Waals surface area contributed by atoms with Crippen LogP contribution in [0.2, 0.25) is 0 Å². The molecule has 0 spiro atoms. The van der Waals surface area contributed by atoms with Crippen LogP contribution in [0.3, 0.4) is 0 Å². The van der Waals surface area contributed by atoms with Crippen LogP contribution in [0.25, 0.3) is 34.0 Å². The monoisotopic (exact) mass is 620 g/mol. The molecule has 1 aromatic heterocycles. The number of benzene rings is 3. The molecule has 0 radical (unpaired) electrons. The van der Waals surface area contributed by atoms with E-state index in [0.29, 0.717) is 0 Å². The number of hydrogen-bond donors (Lipinski definition) is 0. The van der Waals surface area contributed by atoms with Crippen molar-refractivity contribution in [2.45, 2.75) is 124 Å². The molecule has 0 saturated carbocycles. The fourth-order valence-electron chi connectivity index (χ4n) is 6.63. The minimum Gasteiger partial charge on any atom is -0.493 e. The second kappa shape index (κ2) is 20.7. The molecule has 4 rings (SSSR count). The third-order valence-corrected chi connectivity index (χ3v) is 9.44. The summed E-state index contributed by atoms with van der Waals surface area (Å²) >= 11 is 0. The molecule has 0 aliphatic rings. The minimum absolute atomic E-state index is 0.766. The van der Waals surface area contributed by atoms with E-state index in [9.17, 15) is 0 Å². The molecule has 248 valence electrons. The molecule has 0 fully saturated rings. The molecule has 3 nitrogen and oxygen atoms in total. The van der Waals surface area contributed by atoms with Crippen LogP contribution in [0.1, 0.15) is 135 Å². The van der Waals surface area contributed by atoms with Gasteiger partial charge in [0, 0.05) is 41.2 Å². The molecule has 0 aliphatic heterocycles. The third-order valence-electron chi connectivity index (χ3n) is 9.44. The van der Waals surface area contributed by atoms with E-state index in [1.54, 1.807) is 0 Å². The molecule has 0 aliphatic carbocycles. The number of anilines is 1. The van der Waals surface area contributed by atoms with E-state index in [2.05, 4.69) is 105 Å². The zero-order valence-corrected chi connectivity index (χ0v) is 29.2. The summed E-state index contributed by atoms with van der Waals surface area (Å²) in [5.41, 5.74) is 5.61. The zero-order valence-electron chi connectivity index (χ0n) is 29.2. The molecule has 46 heavy (non-hydrogen) atoms. The van der Waals surface area contributed by atoms with Crippen molar-refractivity contribution in [3.05, 3.63) is 77.9 Å². The number of unbranched alkanes of at least 4 members (excludes halogenated alkanes) is 15. The summed E-state index contributed by atoms with van der Waals surface area (Å²) < 4.78 is 6.51. The highest BCUT2D eigenvalue weighted by atomic mass is 16.5. The van der Waals surface area contributed by atoms with Crippen LogP contribution >= 0.6 is 0 Å². The molecule has 0 unspecified atom stereocenters. The van der Waals surface area contributed by atoms with Gasteiger partial charge in [0.25, 0.3) is 0 Å². The average molecular weight is 621 g/mol. The Labute approximate surface area is 280 Å². The molecule has 0 bridgehead atoms. The van der Waals surface area contributed by atoms with Gasteiger partial charge in [-0.15, -0.1) is 0 Å². The molecule has 4 aromatic rings. The number of ether oxygens (including phenoxy) is 1. The molecule has 0 saturated heterocycles. The van der Waals surface area contributed by atoms with Gasteiger partial charge in [-0.3, -0.25) is 0 Å². The zero-order chi connectivity index (χ0) is 32.2. The topological polar surface area (TPSA) is 25.4 Å². The number of pyridine rings is 1.